The summed E-state index contributed by atoms with van der Waals surface area (Å²) in [4.78, 5) is 38.7. The lowest BCUT2D eigenvalue weighted by Gasteiger charge is -2.15. The highest BCUT2D eigenvalue weighted by Crippen LogP contribution is 2.20. The van der Waals surface area contributed by atoms with Gasteiger partial charge in [-0.1, -0.05) is 11.6 Å². The largest absolute Gasteiger partial charge is 0.494 e. The fraction of sp³-hybridized carbons (Fsp3) is 0.286. The van der Waals surface area contributed by atoms with Crippen LogP contribution in [-0.2, 0) is 11.3 Å². The van der Waals surface area contributed by atoms with Gasteiger partial charge in [-0.25, -0.2) is 9.36 Å². The van der Waals surface area contributed by atoms with Gasteiger partial charge in [0.1, 0.15) is 12.3 Å². The number of fused-ring (bicyclic) bond motifs is 1. The van der Waals surface area contributed by atoms with E-state index >= 15 is 0 Å². The number of nitrogens with zero attached hydrogens (tertiary/aromatic N) is 2. The first-order valence-electron chi connectivity index (χ1n) is 9.45. The molecule has 1 aliphatic rings. The smallest absolute Gasteiger partial charge is 0.336 e. The summed E-state index contributed by atoms with van der Waals surface area (Å²) in [6, 6.07) is 11.5. The molecule has 1 aromatic heterocycles. The molecule has 4 rings (SSSR count). The normalized spacial score (nSPS) is 13.4. The molecule has 0 spiro atoms. The van der Waals surface area contributed by atoms with Crippen molar-refractivity contribution in [1.82, 2.24) is 14.5 Å². The third-order valence-corrected chi connectivity index (χ3v) is 4.99. The van der Waals surface area contributed by atoms with Crippen molar-refractivity contribution in [1.29, 1.82) is 0 Å². The second kappa shape index (κ2) is 7.75. The van der Waals surface area contributed by atoms with Crippen LogP contribution < -0.4 is 21.3 Å². The molecule has 1 N–H and O–H groups in total. The molecule has 0 aliphatic heterocycles. The van der Waals surface area contributed by atoms with E-state index in [2.05, 4.69) is 5.32 Å². The molecule has 0 bridgehead atoms. The van der Waals surface area contributed by atoms with Crippen LogP contribution in [0.5, 0.6) is 5.75 Å². The second-order valence-corrected chi connectivity index (χ2v) is 7.38. The predicted molar refractivity (Wildman–Crippen MR) is 111 cm³/mol. The fourth-order valence-corrected chi connectivity index (χ4v) is 3.39. The second-order valence-electron chi connectivity index (χ2n) is 6.94. The number of ether oxygens (including phenoxy) is 1. The average molecular weight is 414 g/mol. The van der Waals surface area contributed by atoms with Gasteiger partial charge in [-0.15, -0.1) is 0 Å². The monoisotopic (exact) mass is 413 g/mol. The zero-order valence-corrected chi connectivity index (χ0v) is 16.6. The summed E-state index contributed by atoms with van der Waals surface area (Å²) in [6.07, 6.45) is 1.89. The zero-order valence-electron chi connectivity index (χ0n) is 15.9. The number of carbonyl (C=O) groups is 1. The van der Waals surface area contributed by atoms with Gasteiger partial charge >= 0.3 is 5.69 Å². The van der Waals surface area contributed by atoms with Gasteiger partial charge in [0.2, 0.25) is 5.91 Å². The molecule has 1 heterocycles. The standard InChI is InChI=1S/C21H20ClN3O4/c1-2-29-16-8-6-15(7-9-16)25-20(27)17-10-3-13(22)11-18(17)24(21(25)28)12-19(26)23-14-4-5-14/h3,6-11,14H,2,4-5,12H2,1H3,(H,23,26). The third-order valence-electron chi connectivity index (χ3n) is 4.76. The summed E-state index contributed by atoms with van der Waals surface area (Å²) in [5.41, 5.74) is -0.332. The first-order valence-corrected chi connectivity index (χ1v) is 9.83. The maximum atomic E-state index is 13.2. The SMILES string of the molecule is CCOc1ccc(-n2c(=O)c3ccc(Cl)cc3n(CC(=O)NC3CC3)c2=O)cc1. The Morgan fingerprint density at radius 2 is 1.90 bits per heavy atom. The number of carbonyl (C=O) groups excluding carboxylic acids is 1. The molecule has 29 heavy (non-hydrogen) atoms. The van der Waals surface area contributed by atoms with E-state index in [1.807, 2.05) is 6.92 Å². The van der Waals surface area contributed by atoms with E-state index in [4.69, 9.17) is 16.3 Å². The van der Waals surface area contributed by atoms with Gasteiger partial charge in [-0.3, -0.25) is 14.2 Å². The summed E-state index contributed by atoms with van der Waals surface area (Å²) >= 11 is 6.09. The number of amides is 1. The highest BCUT2D eigenvalue weighted by molar-refractivity contribution is 6.31. The van der Waals surface area contributed by atoms with Crippen LogP contribution in [-0.4, -0.2) is 27.7 Å². The van der Waals surface area contributed by atoms with Crippen LogP contribution >= 0.6 is 11.6 Å². The lowest BCUT2D eigenvalue weighted by atomic mass is 10.2. The highest BCUT2D eigenvalue weighted by atomic mass is 35.5. The third kappa shape index (κ3) is 3.91. The average Bonchev–Trinajstić information content (AvgIpc) is 3.50. The zero-order chi connectivity index (χ0) is 20.5. The summed E-state index contributed by atoms with van der Waals surface area (Å²) in [5.74, 6) is 0.369. The molecule has 1 amide bonds. The van der Waals surface area contributed by atoms with E-state index in [-0.39, 0.29) is 18.5 Å². The molecule has 1 fully saturated rings. The maximum absolute atomic E-state index is 13.2. The van der Waals surface area contributed by atoms with Gasteiger partial charge in [-0.2, -0.15) is 0 Å². The van der Waals surface area contributed by atoms with Crippen LogP contribution in [0.4, 0.5) is 0 Å². The van der Waals surface area contributed by atoms with Crippen molar-refractivity contribution < 1.29 is 9.53 Å². The Hall–Kier alpha value is -3.06. The van der Waals surface area contributed by atoms with E-state index in [1.54, 1.807) is 36.4 Å². The van der Waals surface area contributed by atoms with Crippen LogP contribution in [0.3, 0.4) is 0 Å². The first-order chi connectivity index (χ1) is 14.0. The van der Waals surface area contributed by atoms with Crippen LogP contribution in [0, 0.1) is 0 Å². The number of benzene rings is 2. The van der Waals surface area contributed by atoms with Crippen LogP contribution in [0.1, 0.15) is 19.8 Å². The fourth-order valence-electron chi connectivity index (χ4n) is 3.22. The Balaban J connectivity index is 1.87. The number of halogens is 1. The number of hydrogen-bond acceptors (Lipinski definition) is 4. The van der Waals surface area contributed by atoms with Crippen LogP contribution in [0.25, 0.3) is 16.6 Å². The molecule has 0 atom stereocenters. The highest BCUT2D eigenvalue weighted by Gasteiger charge is 2.24. The first kappa shape index (κ1) is 19.3. The van der Waals surface area contributed by atoms with Crippen molar-refractivity contribution in [2.45, 2.75) is 32.4 Å². The Labute approximate surface area is 171 Å². The van der Waals surface area contributed by atoms with E-state index in [0.717, 1.165) is 17.4 Å². The predicted octanol–water partition coefficient (Wildman–Crippen LogP) is 2.48. The lowest BCUT2D eigenvalue weighted by molar-refractivity contribution is -0.121. The number of rotatable bonds is 6. The van der Waals surface area contributed by atoms with Crippen molar-refractivity contribution >= 4 is 28.4 Å². The topological polar surface area (TPSA) is 82.3 Å². The van der Waals surface area contributed by atoms with Crippen molar-refractivity contribution in [2.24, 2.45) is 0 Å². The minimum Gasteiger partial charge on any atom is -0.494 e. The summed E-state index contributed by atoms with van der Waals surface area (Å²) in [7, 11) is 0. The number of hydrogen-bond donors (Lipinski definition) is 1. The van der Waals surface area contributed by atoms with Crippen LogP contribution in [0.15, 0.2) is 52.1 Å². The Bertz CT molecular complexity index is 1190. The van der Waals surface area contributed by atoms with Crippen LogP contribution in [0.2, 0.25) is 5.02 Å². The van der Waals surface area contributed by atoms with E-state index in [0.29, 0.717) is 34.0 Å². The molecule has 0 saturated heterocycles. The molecule has 2 aromatic carbocycles. The molecule has 150 valence electrons. The molecule has 7 nitrogen and oxygen atoms in total. The summed E-state index contributed by atoms with van der Waals surface area (Å²) in [6.45, 7) is 2.20. The van der Waals surface area contributed by atoms with Crippen molar-refractivity contribution in [3.63, 3.8) is 0 Å². The molecule has 1 saturated carbocycles. The molecule has 8 heteroatoms. The molecule has 0 unspecified atom stereocenters. The molecular formula is C21H20ClN3O4. The lowest BCUT2D eigenvalue weighted by Crippen LogP contribution is -2.42. The van der Waals surface area contributed by atoms with Gasteiger partial charge in [0.15, 0.2) is 0 Å². The van der Waals surface area contributed by atoms with Gasteiger partial charge in [-0.05, 0) is 62.2 Å². The number of nitrogens with one attached hydrogen (secondary N) is 1. The quantitative estimate of drug-likeness (QED) is 0.673. The minimum atomic E-state index is -0.597. The number of aromatic nitrogens is 2. The molecule has 3 aromatic rings. The van der Waals surface area contributed by atoms with Gasteiger partial charge in [0.25, 0.3) is 5.56 Å². The summed E-state index contributed by atoms with van der Waals surface area (Å²) in [5, 5.41) is 3.56. The van der Waals surface area contributed by atoms with Crippen molar-refractivity contribution in [2.75, 3.05) is 6.61 Å². The van der Waals surface area contributed by atoms with E-state index in [1.165, 1.54) is 10.6 Å². The molecular weight excluding hydrogens is 394 g/mol. The van der Waals surface area contributed by atoms with Gasteiger partial charge in [0.05, 0.1) is 23.2 Å². The Morgan fingerprint density at radius 3 is 2.55 bits per heavy atom. The maximum Gasteiger partial charge on any atom is 0.336 e. The van der Waals surface area contributed by atoms with E-state index in [9.17, 15) is 14.4 Å². The van der Waals surface area contributed by atoms with E-state index < -0.39 is 11.2 Å². The Kier molecular flexibility index (Phi) is 5.15. The van der Waals surface area contributed by atoms with Crippen molar-refractivity contribution in [3.8, 4) is 11.4 Å². The summed E-state index contributed by atoms with van der Waals surface area (Å²) < 4.78 is 7.78. The molecule has 0 radical (unpaired) electrons. The van der Waals surface area contributed by atoms with Crippen molar-refractivity contribution in [3.05, 3.63) is 68.3 Å². The Morgan fingerprint density at radius 1 is 1.17 bits per heavy atom. The van der Waals surface area contributed by atoms with Gasteiger partial charge < -0.3 is 10.1 Å². The molecule has 1 aliphatic carbocycles. The van der Waals surface area contributed by atoms with Gasteiger partial charge in [0, 0.05) is 11.1 Å². The minimum absolute atomic E-state index is 0.171.